The predicted molar refractivity (Wildman–Crippen MR) is 114 cm³/mol. The molecule has 0 amide bonds. The fourth-order valence-electron chi connectivity index (χ4n) is 3.94. The molecule has 1 N–H and O–H groups in total. The number of rotatable bonds is 4. The minimum absolute atomic E-state index is 0.142. The van der Waals surface area contributed by atoms with Crippen LogP contribution in [-0.4, -0.2) is 43.7 Å². The molecule has 4 aromatic rings. The third-order valence-corrected chi connectivity index (χ3v) is 5.57. The summed E-state index contributed by atoms with van der Waals surface area (Å²) in [6.07, 6.45) is 4.47. The van der Waals surface area contributed by atoms with E-state index >= 15 is 0 Å². The molecule has 3 aromatic heterocycles. The summed E-state index contributed by atoms with van der Waals surface area (Å²) in [5.74, 6) is -1.26. The van der Waals surface area contributed by atoms with Gasteiger partial charge >= 0.3 is 0 Å². The lowest BCUT2D eigenvalue weighted by atomic mass is 10.1. The van der Waals surface area contributed by atoms with Crippen LogP contribution in [0, 0.1) is 24.4 Å². The predicted octanol–water partition coefficient (Wildman–Crippen LogP) is 3.99. The van der Waals surface area contributed by atoms with Gasteiger partial charge in [0.2, 0.25) is 5.95 Å². The zero-order valence-electron chi connectivity index (χ0n) is 17.3. The molecule has 164 valence electrons. The van der Waals surface area contributed by atoms with Crippen LogP contribution in [0.5, 0.6) is 0 Å². The van der Waals surface area contributed by atoms with Crippen LogP contribution in [0.4, 0.5) is 24.9 Å². The summed E-state index contributed by atoms with van der Waals surface area (Å²) in [5.41, 5.74) is 1.93. The number of aromatic nitrogens is 5. The second-order valence-electron chi connectivity index (χ2n) is 7.83. The number of pyridine rings is 1. The lowest BCUT2D eigenvalue weighted by molar-refractivity contribution is 0.509. The zero-order chi connectivity index (χ0) is 22.2. The molecule has 0 radical (unpaired) electrons. The van der Waals surface area contributed by atoms with Crippen LogP contribution in [0.3, 0.4) is 0 Å². The van der Waals surface area contributed by atoms with Gasteiger partial charge in [-0.3, -0.25) is 0 Å². The van der Waals surface area contributed by atoms with Gasteiger partial charge in [0, 0.05) is 36.5 Å². The van der Waals surface area contributed by atoms with Crippen LogP contribution < -0.4 is 10.2 Å². The average molecular weight is 439 g/mol. The van der Waals surface area contributed by atoms with E-state index in [-0.39, 0.29) is 6.04 Å². The largest absolute Gasteiger partial charge is 0.356 e. The molecule has 5 rings (SSSR count). The van der Waals surface area contributed by atoms with Crippen LogP contribution >= 0.6 is 0 Å². The van der Waals surface area contributed by atoms with E-state index in [1.807, 2.05) is 13.0 Å². The van der Waals surface area contributed by atoms with Gasteiger partial charge in [-0.25, -0.2) is 27.7 Å². The van der Waals surface area contributed by atoms with E-state index < -0.39 is 17.5 Å². The van der Waals surface area contributed by atoms with Gasteiger partial charge in [0.15, 0.2) is 17.3 Å². The summed E-state index contributed by atoms with van der Waals surface area (Å²) >= 11 is 0. The van der Waals surface area contributed by atoms with Crippen LogP contribution in [0.2, 0.25) is 0 Å². The Bertz CT molecular complexity index is 1280. The average Bonchev–Trinajstić information content (AvgIpc) is 3.17. The Morgan fingerprint density at radius 3 is 2.56 bits per heavy atom. The molecule has 7 nitrogen and oxygen atoms in total. The fraction of sp³-hybridized carbons (Fsp3) is 0.273. The molecule has 0 saturated carbocycles. The number of nitrogens with zero attached hydrogens (tertiary/aromatic N) is 6. The molecule has 0 spiro atoms. The van der Waals surface area contributed by atoms with Crippen LogP contribution in [-0.2, 0) is 0 Å². The van der Waals surface area contributed by atoms with Crippen molar-refractivity contribution in [1.29, 1.82) is 0 Å². The fourth-order valence-corrected chi connectivity index (χ4v) is 3.94. The zero-order valence-corrected chi connectivity index (χ0v) is 17.3. The minimum Gasteiger partial charge on any atom is -0.356 e. The lowest BCUT2D eigenvalue weighted by Gasteiger charge is -2.32. The molecule has 1 aliphatic rings. The number of aryl methyl sites for hydroxylation is 1. The molecule has 1 aliphatic heterocycles. The third-order valence-electron chi connectivity index (χ3n) is 5.57. The number of benzene rings is 1. The molecule has 1 fully saturated rings. The van der Waals surface area contributed by atoms with Gasteiger partial charge in [-0.1, -0.05) is 6.07 Å². The first-order valence-electron chi connectivity index (χ1n) is 10.3. The maximum absolute atomic E-state index is 14.2. The number of halogens is 3. The molecule has 1 aromatic carbocycles. The van der Waals surface area contributed by atoms with E-state index in [9.17, 15) is 13.2 Å². The number of hydrogen-bond donors (Lipinski definition) is 1. The van der Waals surface area contributed by atoms with E-state index in [0.717, 1.165) is 49.6 Å². The van der Waals surface area contributed by atoms with Crippen molar-refractivity contribution in [3.05, 3.63) is 66.0 Å². The van der Waals surface area contributed by atoms with Gasteiger partial charge in [0.05, 0.1) is 6.20 Å². The van der Waals surface area contributed by atoms with Gasteiger partial charge in [0.1, 0.15) is 18.0 Å². The maximum Gasteiger partial charge on any atom is 0.243 e. The van der Waals surface area contributed by atoms with Gasteiger partial charge in [0.25, 0.3) is 0 Å². The third kappa shape index (κ3) is 3.95. The summed E-state index contributed by atoms with van der Waals surface area (Å²) < 4.78 is 42.5. The molecular weight excluding hydrogens is 419 g/mol. The molecule has 10 heteroatoms. The SMILES string of the molecule is Cc1cc(N2CCC(Nc3nc4c(-c5ccc(F)c(F)c5)cc(F)cn4n3)CC2)ncn1. The van der Waals surface area contributed by atoms with Crippen LogP contribution in [0.1, 0.15) is 18.5 Å². The Morgan fingerprint density at radius 1 is 1.00 bits per heavy atom. The van der Waals surface area contributed by atoms with E-state index in [1.54, 1.807) is 6.33 Å². The van der Waals surface area contributed by atoms with Crippen molar-refractivity contribution in [2.24, 2.45) is 0 Å². The summed E-state index contributed by atoms with van der Waals surface area (Å²) in [4.78, 5) is 15.2. The second kappa shape index (κ2) is 8.10. The van der Waals surface area contributed by atoms with Crippen molar-refractivity contribution < 1.29 is 13.2 Å². The number of anilines is 2. The van der Waals surface area contributed by atoms with Crippen molar-refractivity contribution in [2.75, 3.05) is 23.3 Å². The number of piperidine rings is 1. The molecule has 0 aliphatic carbocycles. The highest BCUT2D eigenvalue weighted by Gasteiger charge is 2.22. The second-order valence-corrected chi connectivity index (χ2v) is 7.83. The van der Waals surface area contributed by atoms with Crippen LogP contribution in [0.15, 0.2) is 42.9 Å². The van der Waals surface area contributed by atoms with Gasteiger partial charge in [-0.2, -0.15) is 4.98 Å². The molecular formula is C22H20F3N7. The Balaban J connectivity index is 1.35. The summed E-state index contributed by atoms with van der Waals surface area (Å²) in [6.45, 7) is 3.57. The molecule has 4 heterocycles. The van der Waals surface area contributed by atoms with Crippen molar-refractivity contribution >= 4 is 17.4 Å². The summed E-state index contributed by atoms with van der Waals surface area (Å²) in [5, 5.41) is 7.65. The van der Waals surface area contributed by atoms with E-state index in [2.05, 4.69) is 30.3 Å². The first kappa shape index (κ1) is 20.2. The van der Waals surface area contributed by atoms with Gasteiger partial charge in [-0.05, 0) is 43.5 Å². The van der Waals surface area contributed by atoms with E-state index in [0.29, 0.717) is 22.7 Å². The van der Waals surface area contributed by atoms with Gasteiger partial charge < -0.3 is 10.2 Å². The quantitative estimate of drug-likeness (QED) is 0.519. The molecule has 0 bridgehead atoms. The molecule has 32 heavy (non-hydrogen) atoms. The first-order chi connectivity index (χ1) is 15.5. The number of hydrogen-bond acceptors (Lipinski definition) is 6. The number of fused-ring (bicyclic) bond motifs is 1. The van der Waals surface area contributed by atoms with Crippen molar-refractivity contribution in [3.8, 4) is 11.1 Å². The lowest BCUT2D eigenvalue weighted by Crippen LogP contribution is -2.39. The molecule has 0 atom stereocenters. The Labute approximate surface area is 182 Å². The number of nitrogens with one attached hydrogen (secondary N) is 1. The maximum atomic E-state index is 14.2. The van der Waals surface area contributed by atoms with E-state index in [4.69, 9.17) is 0 Å². The summed E-state index contributed by atoms with van der Waals surface area (Å²) in [6, 6.07) is 6.77. The highest BCUT2D eigenvalue weighted by atomic mass is 19.2. The summed E-state index contributed by atoms with van der Waals surface area (Å²) in [7, 11) is 0. The standard InChI is InChI=1S/C22H20F3N7/c1-13-8-20(27-12-26-13)31-6-4-16(5-7-31)28-22-29-21-17(10-15(23)11-32(21)30-22)14-2-3-18(24)19(25)9-14/h2-3,8-12,16H,4-7H2,1H3,(H,28,30). The van der Waals surface area contributed by atoms with E-state index in [1.165, 1.54) is 22.8 Å². The Hall–Kier alpha value is -3.69. The Morgan fingerprint density at radius 2 is 1.81 bits per heavy atom. The normalized spacial score (nSPS) is 14.8. The van der Waals surface area contributed by atoms with Crippen LogP contribution in [0.25, 0.3) is 16.8 Å². The highest BCUT2D eigenvalue weighted by molar-refractivity contribution is 5.78. The van der Waals surface area contributed by atoms with Crippen molar-refractivity contribution in [2.45, 2.75) is 25.8 Å². The minimum atomic E-state index is -1.01. The topological polar surface area (TPSA) is 71.2 Å². The molecule has 1 saturated heterocycles. The van der Waals surface area contributed by atoms with Gasteiger partial charge in [-0.15, -0.1) is 5.10 Å². The van der Waals surface area contributed by atoms with Crippen molar-refractivity contribution in [3.63, 3.8) is 0 Å². The van der Waals surface area contributed by atoms with Crippen molar-refractivity contribution in [1.82, 2.24) is 24.6 Å². The highest BCUT2D eigenvalue weighted by Crippen LogP contribution is 2.27. The first-order valence-corrected chi connectivity index (χ1v) is 10.3. The smallest absolute Gasteiger partial charge is 0.243 e. The Kier molecular flexibility index (Phi) is 5.12. The monoisotopic (exact) mass is 439 g/mol. The molecule has 0 unspecified atom stereocenters.